The van der Waals surface area contributed by atoms with Gasteiger partial charge in [0.05, 0.1) is 22.4 Å². The molecule has 3 rings (SSSR count). The van der Waals surface area contributed by atoms with Gasteiger partial charge in [0.2, 0.25) is 5.91 Å². The van der Waals surface area contributed by atoms with Crippen LogP contribution in [0.25, 0.3) is 0 Å². The molecule has 1 saturated heterocycles. The lowest BCUT2D eigenvalue weighted by Crippen LogP contribution is -2.27. The van der Waals surface area contributed by atoms with Gasteiger partial charge in [-0.15, -0.1) is 11.3 Å². The van der Waals surface area contributed by atoms with Crippen molar-refractivity contribution in [3.63, 3.8) is 0 Å². The van der Waals surface area contributed by atoms with E-state index in [4.69, 9.17) is 4.98 Å². The first-order valence-electron chi connectivity index (χ1n) is 8.25. The number of hydrogen-bond donors (Lipinski definition) is 1. The minimum atomic E-state index is -0.0391. The fourth-order valence-corrected chi connectivity index (χ4v) is 3.77. The Kier molecular flexibility index (Phi) is 5.20. The summed E-state index contributed by atoms with van der Waals surface area (Å²) in [6.07, 6.45) is 4.07. The van der Waals surface area contributed by atoms with Crippen molar-refractivity contribution in [2.75, 3.05) is 6.54 Å². The van der Waals surface area contributed by atoms with Gasteiger partial charge in [-0.05, 0) is 33.2 Å². The van der Waals surface area contributed by atoms with E-state index in [-0.39, 0.29) is 11.9 Å². The third kappa shape index (κ3) is 3.96. The van der Waals surface area contributed by atoms with E-state index in [1.54, 1.807) is 11.3 Å². The van der Waals surface area contributed by atoms with E-state index in [0.717, 1.165) is 53.7 Å². The Hall–Kier alpha value is -1.86. The van der Waals surface area contributed by atoms with Gasteiger partial charge >= 0.3 is 0 Å². The summed E-state index contributed by atoms with van der Waals surface area (Å²) in [5.41, 5.74) is 3.17. The quantitative estimate of drug-likeness (QED) is 0.902. The van der Waals surface area contributed by atoms with Crippen LogP contribution in [0.15, 0.2) is 11.6 Å². The number of nitrogens with zero attached hydrogens (tertiary/aromatic N) is 4. The number of amides is 1. The molecule has 1 fully saturated rings. The maximum absolute atomic E-state index is 11.3. The highest BCUT2D eigenvalue weighted by Crippen LogP contribution is 2.34. The average molecular weight is 345 g/mol. The summed E-state index contributed by atoms with van der Waals surface area (Å²) in [5, 5.41) is 6.10. The highest BCUT2D eigenvalue weighted by atomic mass is 32.1. The standard InChI is InChI=1S/C17H23N5OS/c1-11-18-7-14(8-19-12(2)23)17(20-11)16-5-4-6-22(16)9-15-10-24-13(3)21-15/h7,10,16H,4-6,8-9H2,1-3H3,(H,19,23)/t16-/m1/s1. The van der Waals surface area contributed by atoms with Crippen molar-refractivity contribution in [2.24, 2.45) is 0 Å². The summed E-state index contributed by atoms with van der Waals surface area (Å²) in [4.78, 5) is 27.3. The van der Waals surface area contributed by atoms with Gasteiger partial charge in [-0.1, -0.05) is 0 Å². The molecule has 0 unspecified atom stereocenters. The van der Waals surface area contributed by atoms with E-state index in [1.165, 1.54) is 6.92 Å². The van der Waals surface area contributed by atoms with E-state index >= 15 is 0 Å². The number of rotatable bonds is 5. The molecule has 0 spiro atoms. The van der Waals surface area contributed by atoms with Crippen molar-refractivity contribution in [3.8, 4) is 0 Å². The summed E-state index contributed by atoms with van der Waals surface area (Å²) in [7, 11) is 0. The zero-order valence-electron chi connectivity index (χ0n) is 14.4. The molecule has 24 heavy (non-hydrogen) atoms. The summed E-state index contributed by atoms with van der Waals surface area (Å²) in [6, 6.07) is 0.262. The Labute approximate surface area is 146 Å². The van der Waals surface area contributed by atoms with E-state index in [1.807, 2.05) is 20.0 Å². The van der Waals surface area contributed by atoms with Crippen molar-refractivity contribution in [3.05, 3.63) is 39.4 Å². The molecule has 0 bridgehead atoms. The van der Waals surface area contributed by atoms with E-state index in [9.17, 15) is 4.79 Å². The van der Waals surface area contributed by atoms with Crippen molar-refractivity contribution in [1.82, 2.24) is 25.2 Å². The van der Waals surface area contributed by atoms with Gasteiger partial charge in [0.25, 0.3) is 0 Å². The Morgan fingerprint density at radius 3 is 2.96 bits per heavy atom. The molecule has 128 valence electrons. The molecule has 1 aliphatic rings. The topological polar surface area (TPSA) is 71.0 Å². The lowest BCUT2D eigenvalue weighted by atomic mass is 10.1. The fraction of sp³-hybridized carbons (Fsp3) is 0.529. The lowest BCUT2D eigenvalue weighted by Gasteiger charge is -2.25. The number of hydrogen-bond acceptors (Lipinski definition) is 6. The maximum atomic E-state index is 11.3. The van der Waals surface area contributed by atoms with Gasteiger partial charge in [-0.25, -0.2) is 15.0 Å². The number of thiazole rings is 1. The molecule has 0 saturated carbocycles. The van der Waals surface area contributed by atoms with Crippen LogP contribution in [0.4, 0.5) is 0 Å². The van der Waals surface area contributed by atoms with Gasteiger partial charge in [0, 0.05) is 37.2 Å². The molecule has 0 aliphatic carbocycles. The van der Waals surface area contributed by atoms with Crippen LogP contribution < -0.4 is 5.32 Å². The number of aromatic nitrogens is 3. The molecule has 0 aromatic carbocycles. The molecule has 1 atom stereocenters. The summed E-state index contributed by atoms with van der Waals surface area (Å²) in [6.45, 7) is 7.84. The monoisotopic (exact) mass is 345 g/mol. The third-order valence-corrected chi connectivity index (χ3v) is 5.08. The minimum Gasteiger partial charge on any atom is -0.352 e. The molecule has 2 aromatic heterocycles. The van der Waals surface area contributed by atoms with Crippen LogP contribution in [-0.2, 0) is 17.9 Å². The fourth-order valence-electron chi connectivity index (χ4n) is 3.17. The molecule has 2 aromatic rings. The molecule has 7 heteroatoms. The first kappa shape index (κ1) is 17.0. The SMILES string of the molecule is CC(=O)NCc1cnc(C)nc1[C@H]1CCCN1Cc1csc(C)n1. The van der Waals surface area contributed by atoms with Crippen molar-refractivity contribution >= 4 is 17.2 Å². The number of likely N-dealkylation sites (tertiary alicyclic amines) is 1. The second-order valence-electron chi connectivity index (χ2n) is 6.22. The van der Waals surface area contributed by atoms with Gasteiger partial charge in [0.15, 0.2) is 0 Å². The Morgan fingerprint density at radius 1 is 1.42 bits per heavy atom. The van der Waals surface area contributed by atoms with Gasteiger partial charge in [-0.3, -0.25) is 9.69 Å². The molecule has 3 heterocycles. The highest BCUT2D eigenvalue weighted by Gasteiger charge is 2.29. The van der Waals surface area contributed by atoms with Crippen LogP contribution in [0.1, 0.15) is 53.6 Å². The number of nitrogens with one attached hydrogen (secondary N) is 1. The predicted molar refractivity (Wildman–Crippen MR) is 93.5 cm³/mol. The minimum absolute atomic E-state index is 0.0391. The Bertz CT molecular complexity index is 730. The maximum Gasteiger partial charge on any atom is 0.217 e. The van der Waals surface area contributed by atoms with Crippen LogP contribution >= 0.6 is 11.3 Å². The van der Waals surface area contributed by atoms with Crippen molar-refractivity contribution < 1.29 is 4.79 Å². The van der Waals surface area contributed by atoms with Crippen LogP contribution in [0.3, 0.4) is 0 Å². The summed E-state index contributed by atoms with van der Waals surface area (Å²) >= 11 is 1.69. The smallest absolute Gasteiger partial charge is 0.217 e. The highest BCUT2D eigenvalue weighted by molar-refractivity contribution is 7.09. The van der Waals surface area contributed by atoms with Crippen LogP contribution in [0, 0.1) is 13.8 Å². The largest absolute Gasteiger partial charge is 0.352 e. The van der Waals surface area contributed by atoms with E-state index in [0.29, 0.717) is 6.54 Å². The zero-order chi connectivity index (χ0) is 17.1. The normalized spacial score (nSPS) is 18.0. The Morgan fingerprint density at radius 2 is 2.25 bits per heavy atom. The molecular formula is C17H23N5OS. The molecule has 6 nitrogen and oxygen atoms in total. The lowest BCUT2D eigenvalue weighted by molar-refractivity contribution is -0.119. The second kappa shape index (κ2) is 7.36. The molecule has 1 N–H and O–H groups in total. The first-order chi connectivity index (χ1) is 11.5. The molecule has 0 radical (unpaired) electrons. The first-order valence-corrected chi connectivity index (χ1v) is 9.13. The predicted octanol–water partition coefficient (Wildman–Crippen LogP) is 2.52. The van der Waals surface area contributed by atoms with E-state index < -0.39 is 0 Å². The zero-order valence-corrected chi connectivity index (χ0v) is 15.2. The van der Waals surface area contributed by atoms with Crippen LogP contribution in [-0.4, -0.2) is 32.3 Å². The van der Waals surface area contributed by atoms with Crippen molar-refractivity contribution in [1.29, 1.82) is 0 Å². The van der Waals surface area contributed by atoms with Crippen LogP contribution in [0.2, 0.25) is 0 Å². The second-order valence-corrected chi connectivity index (χ2v) is 7.29. The Balaban J connectivity index is 1.82. The summed E-state index contributed by atoms with van der Waals surface area (Å²) < 4.78 is 0. The molecule has 1 amide bonds. The third-order valence-electron chi connectivity index (χ3n) is 4.26. The van der Waals surface area contributed by atoms with Crippen LogP contribution in [0.5, 0.6) is 0 Å². The van der Waals surface area contributed by atoms with Gasteiger partial charge < -0.3 is 5.32 Å². The number of carbonyl (C=O) groups is 1. The van der Waals surface area contributed by atoms with E-state index in [2.05, 4.69) is 25.6 Å². The average Bonchev–Trinajstić information content (AvgIpc) is 3.15. The number of aryl methyl sites for hydroxylation is 2. The molecular weight excluding hydrogens is 322 g/mol. The van der Waals surface area contributed by atoms with Gasteiger partial charge in [0.1, 0.15) is 5.82 Å². The molecule has 1 aliphatic heterocycles. The van der Waals surface area contributed by atoms with Gasteiger partial charge in [-0.2, -0.15) is 0 Å². The van der Waals surface area contributed by atoms with Crippen molar-refractivity contribution in [2.45, 2.75) is 52.7 Å². The number of carbonyl (C=O) groups excluding carboxylic acids is 1. The summed E-state index contributed by atoms with van der Waals surface area (Å²) in [5.74, 6) is 0.732.